The quantitative estimate of drug-likeness (QED) is 0.587. The lowest BCUT2D eigenvalue weighted by Crippen LogP contribution is -2.58. The summed E-state index contributed by atoms with van der Waals surface area (Å²) < 4.78 is 0. The summed E-state index contributed by atoms with van der Waals surface area (Å²) in [6.07, 6.45) is 7.18. The molecule has 0 bridgehead atoms. The van der Waals surface area contributed by atoms with Crippen molar-refractivity contribution in [3.8, 4) is 0 Å². The topological polar surface area (TPSA) is 104 Å². The Kier molecular flexibility index (Phi) is 4.25. The Morgan fingerprint density at radius 3 is 1.33 bits per heavy atom. The van der Waals surface area contributed by atoms with Crippen LogP contribution in [0.5, 0.6) is 0 Å². The standard InChI is InChI=1S/C17H36N4/c1-12-9-16(18,19)7-5-14(12,3)11-15(4)6-8-17(20,21)10-13(15)2/h12-13H,5-11,18-21H2,1-4H3. The van der Waals surface area contributed by atoms with E-state index < -0.39 is 11.3 Å². The van der Waals surface area contributed by atoms with Gasteiger partial charge in [0.15, 0.2) is 0 Å². The van der Waals surface area contributed by atoms with Crippen LogP contribution in [0.1, 0.15) is 72.6 Å². The molecule has 8 N–H and O–H groups in total. The molecule has 0 aliphatic heterocycles. The minimum absolute atomic E-state index is 0.328. The van der Waals surface area contributed by atoms with Gasteiger partial charge in [-0.15, -0.1) is 0 Å². The highest BCUT2D eigenvalue weighted by molar-refractivity contribution is 5.01. The number of hydrogen-bond acceptors (Lipinski definition) is 4. The molecule has 4 heteroatoms. The third-order valence-electron chi connectivity index (χ3n) is 6.88. The van der Waals surface area contributed by atoms with Crippen molar-refractivity contribution in [1.82, 2.24) is 0 Å². The molecule has 124 valence electrons. The molecule has 2 aliphatic rings. The van der Waals surface area contributed by atoms with Crippen molar-refractivity contribution in [2.45, 2.75) is 84.0 Å². The average molecular weight is 297 g/mol. The first-order valence-corrected chi connectivity index (χ1v) is 8.53. The largest absolute Gasteiger partial charge is 0.313 e. The molecule has 0 amide bonds. The second-order valence-corrected chi connectivity index (χ2v) is 9.16. The van der Waals surface area contributed by atoms with E-state index in [0.29, 0.717) is 22.7 Å². The predicted octanol–water partition coefficient (Wildman–Crippen LogP) is 2.26. The average Bonchev–Trinajstić information content (AvgIpc) is 2.30. The molecule has 21 heavy (non-hydrogen) atoms. The van der Waals surface area contributed by atoms with Gasteiger partial charge in [-0.05, 0) is 67.6 Å². The van der Waals surface area contributed by atoms with Crippen LogP contribution in [0.4, 0.5) is 0 Å². The Hall–Kier alpha value is -0.160. The molecule has 0 aromatic carbocycles. The van der Waals surface area contributed by atoms with Crippen LogP contribution in [0.2, 0.25) is 0 Å². The van der Waals surface area contributed by atoms with Crippen molar-refractivity contribution in [2.24, 2.45) is 45.6 Å². The summed E-state index contributed by atoms with van der Waals surface area (Å²) in [7, 11) is 0. The van der Waals surface area contributed by atoms with E-state index in [9.17, 15) is 0 Å². The van der Waals surface area contributed by atoms with Crippen LogP contribution < -0.4 is 22.9 Å². The van der Waals surface area contributed by atoms with E-state index in [1.54, 1.807) is 0 Å². The Morgan fingerprint density at radius 1 is 0.714 bits per heavy atom. The van der Waals surface area contributed by atoms with E-state index in [0.717, 1.165) is 38.5 Å². The van der Waals surface area contributed by atoms with Gasteiger partial charge in [0, 0.05) is 0 Å². The molecule has 2 aliphatic carbocycles. The van der Waals surface area contributed by atoms with Crippen LogP contribution in [0.3, 0.4) is 0 Å². The van der Waals surface area contributed by atoms with E-state index in [1.807, 2.05) is 0 Å². The van der Waals surface area contributed by atoms with Crippen LogP contribution in [-0.4, -0.2) is 11.3 Å². The lowest BCUT2D eigenvalue weighted by atomic mass is 9.54. The van der Waals surface area contributed by atoms with Crippen LogP contribution in [0, 0.1) is 22.7 Å². The molecular weight excluding hydrogens is 260 g/mol. The first kappa shape index (κ1) is 17.2. The van der Waals surface area contributed by atoms with E-state index in [-0.39, 0.29) is 0 Å². The summed E-state index contributed by atoms with van der Waals surface area (Å²) >= 11 is 0. The molecule has 2 saturated carbocycles. The fourth-order valence-electron chi connectivity index (χ4n) is 4.81. The summed E-state index contributed by atoms with van der Waals surface area (Å²) in [6, 6.07) is 0. The van der Waals surface area contributed by atoms with Crippen LogP contribution in [0.25, 0.3) is 0 Å². The monoisotopic (exact) mass is 296 g/mol. The van der Waals surface area contributed by atoms with Gasteiger partial charge in [-0.25, -0.2) is 0 Å². The second kappa shape index (κ2) is 5.19. The molecule has 2 fully saturated rings. The highest BCUT2D eigenvalue weighted by Gasteiger charge is 2.49. The smallest absolute Gasteiger partial charge is 0.0639 e. The maximum atomic E-state index is 6.16. The number of hydrogen-bond donors (Lipinski definition) is 4. The van der Waals surface area contributed by atoms with Crippen molar-refractivity contribution in [2.75, 3.05) is 0 Å². The highest BCUT2D eigenvalue weighted by Crippen LogP contribution is 2.55. The summed E-state index contributed by atoms with van der Waals surface area (Å²) in [5, 5.41) is 0. The van der Waals surface area contributed by atoms with Gasteiger partial charge >= 0.3 is 0 Å². The summed E-state index contributed by atoms with van der Waals surface area (Å²) in [5.74, 6) is 1.13. The van der Waals surface area contributed by atoms with Crippen LogP contribution >= 0.6 is 0 Å². The predicted molar refractivity (Wildman–Crippen MR) is 89.1 cm³/mol. The van der Waals surface area contributed by atoms with Crippen molar-refractivity contribution in [1.29, 1.82) is 0 Å². The molecule has 0 spiro atoms. The van der Waals surface area contributed by atoms with E-state index in [2.05, 4.69) is 27.7 Å². The third-order valence-corrected chi connectivity index (χ3v) is 6.88. The maximum Gasteiger partial charge on any atom is 0.0639 e. The molecule has 4 atom stereocenters. The fraction of sp³-hybridized carbons (Fsp3) is 1.00. The highest BCUT2D eigenvalue weighted by atomic mass is 15.0. The minimum Gasteiger partial charge on any atom is -0.313 e. The number of nitrogens with two attached hydrogens (primary N) is 4. The molecule has 0 heterocycles. The molecule has 0 radical (unpaired) electrons. The van der Waals surface area contributed by atoms with Gasteiger partial charge in [-0.3, -0.25) is 0 Å². The molecule has 0 aromatic heterocycles. The van der Waals surface area contributed by atoms with Gasteiger partial charge in [0.25, 0.3) is 0 Å². The molecule has 2 rings (SSSR count). The lowest BCUT2D eigenvalue weighted by molar-refractivity contribution is -0.0206. The summed E-state index contributed by atoms with van der Waals surface area (Å²) in [6.45, 7) is 9.50. The molecule has 4 unspecified atom stereocenters. The molecule has 4 nitrogen and oxygen atoms in total. The zero-order chi connectivity index (χ0) is 16.1. The zero-order valence-electron chi connectivity index (χ0n) is 14.4. The van der Waals surface area contributed by atoms with Gasteiger partial charge in [0.2, 0.25) is 0 Å². The SMILES string of the molecule is CC1CC(N)(N)CCC1(C)CC1(C)CCC(N)(N)CC1C. The second-order valence-electron chi connectivity index (χ2n) is 9.16. The van der Waals surface area contributed by atoms with Gasteiger partial charge < -0.3 is 22.9 Å². The van der Waals surface area contributed by atoms with Gasteiger partial charge in [-0.1, -0.05) is 27.7 Å². The molecular formula is C17H36N4. The molecule has 0 aromatic rings. The zero-order valence-corrected chi connectivity index (χ0v) is 14.4. The Bertz CT molecular complexity index is 356. The number of rotatable bonds is 2. The first-order chi connectivity index (χ1) is 9.38. The van der Waals surface area contributed by atoms with Crippen molar-refractivity contribution < 1.29 is 0 Å². The van der Waals surface area contributed by atoms with Gasteiger partial charge in [-0.2, -0.15) is 0 Å². The van der Waals surface area contributed by atoms with E-state index in [4.69, 9.17) is 22.9 Å². The minimum atomic E-state index is -0.471. The van der Waals surface area contributed by atoms with Gasteiger partial charge in [0.05, 0.1) is 11.3 Å². The van der Waals surface area contributed by atoms with Crippen LogP contribution in [-0.2, 0) is 0 Å². The fourth-order valence-corrected chi connectivity index (χ4v) is 4.81. The van der Waals surface area contributed by atoms with Crippen molar-refractivity contribution in [3.05, 3.63) is 0 Å². The Morgan fingerprint density at radius 2 is 1.05 bits per heavy atom. The molecule has 0 saturated heterocycles. The first-order valence-electron chi connectivity index (χ1n) is 8.53. The Labute approximate surface area is 130 Å². The van der Waals surface area contributed by atoms with Crippen molar-refractivity contribution >= 4 is 0 Å². The maximum absolute atomic E-state index is 6.16. The van der Waals surface area contributed by atoms with Crippen LogP contribution in [0.15, 0.2) is 0 Å². The third kappa shape index (κ3) is 3.61. The van der Waals surface area contributed by atoms with E-state index in [1.165, 1.54) is 6.42 Å². The van der Waals surface area contributed by atoms with Gasteiger partial charge in [0.1, 0.15) is 0 Å². The summed E-state index contributed by atoms with van der Waals surface area (Å²) in [5.41, 5.74) is 24.4. The van der Waals surface area contributed by atoms with E-state index >= 15 is 0 Å². The summed E-state index contributed by atoms with van der Waals surface area (Å²) in [4.78, 5) is 0. The van der Waals surface area contributed by atoms with Crippen molar-refractivity contribution in [3.63, 3.8) is 0 Å². The lowest BCUT2D eigenvalue weighted by Gasteiger charge is -2.54. The Balaban J connectivity index is 2.10. The normalized spacial score (nSPS) is 46.3.